The fourth-order valence-corrected chi connectivity index (χ4v) is 3.55. The summed E-state index contributed by atoms with van der Waals surface area (Å²) in [5, 5.41) is 4.23. The van der Waals surface area contributed by atoms with E-state index in [4.69, 9.17) is 0 Å². The third kappa shape index (κ3) is 2.83. The molecular formula is C21H18FN3O2. The van der Waals surface area contributed by atoms with E-state index in [9.17, 15) is 14.0 Å². The number of aryl methyl sites for hydroxylation is 1. The number of para-hydroxylation sites is 2. The van der Waals surface area contributed by atoms with Crippen LogP contribution < -0.4 is 10.3 Å². The lowest BCUT2D eigenvalue weighted by Gasteiger charge is -2.22. The fraction of sp³-hybridized carbons (Fsp3) is 0.190. The highest BCUT2D eigenvalue weighted by Gasteiger charge is 2.33. The molecular weight excluding hydrogens is 345 g/mol. The maximum absolute atomic E-state index is 14.2. The average molecular weight is 363 g/mol. The van der Waals surface area contributed by atoms with Gasteiger partial charge < -0.3 is 4.90 Å². The van der Waals surface area contributed by atoms with Gasteiger partial charge in [0.1, 0.15) is 11.5 Å². The first-order valence-electron chi connectivity index (χ1n) is 8.74. The maximum atomic E-state index is 14.2. The quantitative estimate of drug-likeness (QED) is 0.702. The molecule has 0 saturated carbocycles. The van der Waals surface area contributed by atoms with E-state index in [1.54, 1.807) is 30.0 Å². The van der Waals surface area contributed by atoms with Gasteiger partial charge in [-0.25, -0.2) is 9.07 Å². The van der Waals surface area contributed by atoms with Gasteiger partial charge >= 0.3 is 0 Å². The van der Waals surface area contributed by atoms with Crippen molar-refractivity contribution >= 4 is 11.6 Å². The predicted octanol–water partition coefficient (Wildman–Crippen LogP) is 3.27. The Labute approximate surface area is 155 Å². The number of fused-ring (bicyclic) bond motifs is 1. The van der Waals surface area contributed by atoms with Gasteiger partial charge in [-0.2, -0.15) is 5.10 Å². The van der Waals surface area contributed by atoms with Crippen LogP contribution in [0.1, 0.15) is 28.7 Å². The molecule has 1 amide bonds. The number of benzene rings is 2. The summed E-state index contributed by atoms with van der Waals surface area (Å²) >= 11 is 0. The molecule has 4 rings (SSSR count). The first-order valence-corrected chi connectivity index (χ1v) is 8.74. The normalized spacial score (nSPS) is 15.7. The zero-order valence-corrected chi connectivity index (χ0v) is 15.0. The summed E-state index contributed by atoms with van der Waals surface area (Å²) < 4.78 is 15.5. The molecule has 2 heterocycles. The second-order valence-corrected chi connectivity index (χ2v) is 6.72. The molecule has 6 heteroatoms. The molecule has 0 bridgehead atoms. The lowest BCUT2D eigenvalue weighted by molar-refractivity contribution is 0.0973. The standard InChI is InChI=1S/C21H18FN3O2/c1-13-11-15-7-3-5-9-17(15)24(13)21(27)20-19(26)12-14(2)25(23-20)18-10-6-4-8-16(18)22/h3-10,12-13H,11H2,1-2H3/t13-/m0/s1. The molecule has 3 aromatic rings. The minimum Gasteiger partial charge on any atom is -0.303 e. The van der Waals surface area contributed by atoms with Gasteiger partial charge in [-0.15, -0.1) is 0 Å². The van der Waals surface area contributed by atoms with E-state index in [1.165, 1.54) is 16.8 Å². The number of rotatable bonds is 2. The Morgan fingerprint density at radius 1 is 1.11 bits per heavy atom. The van der Waals surface area contributed by atoms with E-state index in [2.05, 4.69) is 5.10 Å². The summed E-state index contributed by atoms with van der Waals surface area (Å²) in [4.78, 5) is 27.3. The Balaban J connectivity index is 1.83. The van der Waals surface area contributed by atoms with Crippen LogP contribution in [0.25, 0.3) is 5.69 Å². The lowest BCUT2D eigenvalue weighted by Crippen LogP contribution is -2.39. The van der Waals surface area contributed by atoms with Crippen LogP contribution in [-0.4, -0.2) is 21.7 Å². The Kier molecular flexibility index (Phi) is 4.11. The summed E-state index contributed by atoms with van der Waals surface area (Å²) in [6.07, 6.45) is 0.718. The van der Waals surface area contributed by atoms with Crippen LogP contribution in [0.5, 0.6) is 0 Å². The Morgan fingerprint density at radius 2 is 1.78 bits per heavy atom. The van der Waals surface area contributed by atoms with Crippen LogP contribution in [0.4, 0.5) is 10.1 Å². The van der Waals surface area contributed by atoms with Crippen molar-refractivity contribution in [2.45, 2.75) is 26.3 Å². The number of hydrogen-bond donors (Lipinski definition) is 0. The topological polar surface area (TPSA) is 55.2 Å². The summed E-state index contributed by atoms with van der Waals surface area (Å²) in [6.45, 7) is 3.59. The van der Waals surface area contributed by atoms with Crippen LogP contribution in [0.3, 0.4) is 0 Å². The molecule has 0 unspecified atom stereocenters. The van der Waals surface area contributed by atoms with Crippen molar-refractivity contribution < 1.29 is 9.18 Å². The van der Waals surface area contributed by atoms with E-state index in [0.717, 1.165) is 17.7 Å². The highest BCUT2D eigenvalue weighted by Crippen LogP contribution is 2.32. The number of carbonyl (C=O) groups excluding carboxylic acids is 1. The number of anilines is 1. The van der Waals surface area contributed by atoms with Crippen LogP contribution in [-0.2, 0) is 6.42 Å². The minimum atomic E-state index is -0.477. The first kappa shape index (κ1) is 17.1. The SMILES string of the molecule is Cc1cc(=O)c(C(=O)N2c3ccccc3C[C@@H]2C)nn1-c1ccccc1F. The van der Waals surface area contributed by atoms with Crippen molar-refractivity contribution in [2.24, 2.45) is 0 Å². The van der Waals surface area contributed by atoms with Gasteiger partial charge in [-0.05, 0) is 44.0 Å². The maximum Gasteiger partial charge on any atom is 0.283 e. The van der Waals surface area contributed by atoms with E-state index in [-0.39, 0.29) is 17.4 Å². The highest BCUT2D eigenvalue weighted by molar-refractivity contribution is 6.06. The van der Waals surface area contributed by atoms with Crippen molar-refractivity contribution in [3.63, 3.8) is 0 Å². The second-order valence-electron chi connectivity index (χ2n) is 6.72. The molecule has 1 atom stereocenters. The molecule has 1 aliphatic rings. The highest BCUT2D eigenvalue weighted by atomic mass is 19.1. The number of amides is 1. The molecule has 1 aromatic heterocycles. The third-order valence-corrected chi connectivity index (χ3v) is 4.82. The molecule has 0 fully saturated rings. The summed E-state index contributed by atoms with van der Waals surface area (Å²) in [5.74, 6) is -0.947. The van der Waals surface area contributed by atoms with Gasteiger partial charge in [0, 0.05) is 23.5 Å². The van der Waals surface area contributed by atoms with Crippen molar-refractivity contribution in [3.8, 4) is 5.69 Å². The van der Waals surface area contributed by atoms with E-state index in [1.807, 2.05) is 31.2 Å². The monoisotopic (exact) mass is 363 g/mol. The molecule has 136 valence electrons. The molecule has 1 aliphatic heterocycles. The van der Waals surface area contributed by atoms with Gasteiger partial charge in [0.25, 0.3) is 5.91 Å². The molecule has 0 spiro atoms. The largest absolute Gasteiger partial charge is 0.303 e. The molecule has 5 nitrogen and oxygen atoms in total. The molecule has 2 aromatic carbocycles. The Morgan fingerprint density at radius 3 is 2.52 bits per heavy atom. The van der Waals surface area contributed by atoms with Gasteiger partial charge in [0.15, 0.2) is 5.69 Å². The summed E-state index contributed by atoms with van der Waals surface area (Å²) in [5.41, 5.74) is 1.80. The number of aromatic nitrogens is 2. The first-order chi connectivity index (χ1) is 13.0. The number of nitrogens with zero attached hydrogens (tertiary/aromatic N) is 3. The van der Waals surface area contributed by atoms with Crippen LogP contribution in [0, 0.1) is 12.7 Å². The van der Waals surface area contributed by atoms with Crippen molar-refractivity contribution in [3.05, 3.63) is 87.6 Å². The zero-order chi connectivity index (χ0) is 19.1. The number of halogens is 1. The molecule has 0 radical (unpaired) electrons. The second kappa shape index (κ2) is 6.46. The van der Waals surface area contributed by atoms with Gasteiger partial charge in [-0.3, -0.25) is 9.59 Å². The van der Waals surface area contributed by atoms with E-state index < -0.39 is 17.2 Å². The summed E-state index contributed by atoms with van der Waals surface area (Å²) in [7, 11) is 0. The van der Waals surface area contributed by atoms with Crippen LogP contribution in [0.2, 0.25) is 0 Å². The minimum absolute atomic E-state index is 0.0840. The molecule has 0 aliphatic carbocycles. The van der Waals surface area contributed by atoms with Gasteiger partial charge in [-0.1, -0.05) is 30.3 Å². The molecule has 27 heavy (non-hydrogen) atoms. The molecule has 0 saturated heterocycles. The van der Waals surface area contributed by atoms with Crippen molar-refractivity contribution in [2.75, 3.05) is 4.90 Å². The van der Waals surface area contributed by atoms with Gasteiger partial charge in [0.05, 0.1) is 0 Å². The smallest absolute Gasteiger partial charge is 0.283 e. The lowest BCUT2D eigenvalue weighted by atomic mass is 10.1. The number of carbonyl (C=O) groups is 1. The van der Waals surface area contributed by atoms with Crippen molar-refractivity contribution in [1.29, 1.82) is 0 Å². The average Bonchev–Trinajstić information content (AvgIpc) is 2.98. The van der Waals surface area contributed by atoms with Gasteiger partial charge in [0.2, 0.25) is 5.43 Å². The van der Waals surface area contributed by atoms with Crippen LogP contribution in [0.15, 0.2) is 59.4 Å². The van der Waals surface area contributed by atoms with E-state index >= 15 is 0 Å². The fourth-order valence-electron chi connectivity index (χ4n) is 3.55. The summed E-state index contributed by atoms with van der Waals surface area (Å²) in [6, 6.07) is 15.0. The zero-order valence-electron chi connectivity index (χ0n) is 15.0. The molecule has 0 N–H and O–H groups in total. The van der Waals surface area contributed by atoms with Crippen LogP contribution >= 0.6 is 0 Å². The van der Waals surface area contributed by atoms with Crippen molar-refractivity contribution in [1.82, 2.24) is 9.78 Å². The Hall–Kier alpha value is -3.28. The van der Waals surface area contributed by atoms with E-state index in [0.29, 0.717) is 5.69 Å². The Bertz CT molecular complexity index is 1110. The third-order valence-electron chi connectivity index (χ3n) is 4.82. The predicted molar refractivity (Wildman–Crippen MR) is 101 cm³/mol. The number of hydrogen-bond acceptors (Lipinski definition) is 3.